The number of aliphatic hydroxyl groups excluding tert-OH is 4. The van der Waals surface area contributed by atoms with Crippen LogP contribution in [0.2, 0.25) is 0 Å². The predicted molar refractivity (Wildman–Crippen MR) is 122 cm³/mol. The summed E-state index contributed by atoms with van der Waals surface area (Å²) in [6, 6.07) is 8.29. The summed E-state index contributed by atoms with van der Waals surface area (Å²) in [4.78, 5) is 11.8. The average Bonchev–Trinajstić information content (AvgIpc) is 2.84. The van der Waals surface area contributed by atoms with Crippen molar-refractivity contribution >= 4 is 5.91 Å². The summed E-state index contributed by atoms with van der Waals surface area (Å²) < 4.78 is 29.5. The number of benzene rings is 1. The maximum Gasteiger partial charge on any atom is 0.217 e. The van der Waals surface area contributed by atoms with Gasteiger partial charge in [0.25, 0.3) is 0 Å². The second-order valence-corrected chi connectivity index (χ2v) is 8.87. The second-order valence-electron chi connectivity index (χ2n) is 8.87. The van der Waals surface area contributed by atoms with Crippen molar-refractivity contribution in [2.75, 3.05) is 13.2 Å². The highest BCUT2D eigenvalue weighted by molar-refractivity contribution is 5.73. The summed E-state index contributed by atoms with van der Waals surface area (Å²) in [7, 11) is 0. The van der Waals surface area contributed by atoms with Crippen LogP contribution < -0.4 is 5.32 Å². The molecule has 0 radical (unpaired) electrons. The topological polar surface area (TPSA) is 156 Å². The highest BCUT2D eigenvalue weighted by Crippen LogP contribution is 2.31. The molecule has 35 heavy (non-hydrogen) atoms. The van der Waals surface area contributed by atoms with E-state index < -0.39 is 73.9 Å². The van der Waals surface area contributed by atoms with Gasteiger partial charge in [0, 0.05) is 13.5 Å². The lowest BCUT2D eigenvalue weighted by molar-refractivity contribution is -0.355. The summed E-state index contributed by atoms with van der Waals surface area (Å²) in [6.07, 6.45) is -9.40. The summed E-state index contributed by atoms with van der Waals surface area (Å²) in [6.45, 7) is 4.90. The number of amides is 1. The van der Waals surface area contributed by atoms with Gasteiger partial charge in [-0.3, -0.25) is 4.79 Å². The summed E-state index contributed by atoms with van der Waals surface area (Å²) >= 11 is 0. The van der Waals surface area contributed by atoms with E-state index in [2.05, 4.69) is 5.32 Å². The monoisotopic (exact) mass is 499 g/mol. The Kier molecular flexibility index (Phi) is 10.4. The second kappa shape index (κ2) is 13.0. The van der Waals surface area contributed by atoms with Crippen molar-refractivity contribution in [3.8, 4) is 0 Å². The molecule has 2 saturated heterocycles. The zero-order valence-corrected chi connectivity index (χ0v) is 20.2. The van der Waals surface area contributed by atoms with Crippen LogP contribution in [0.3, 0.4) is 0 Å². The Morgan fingerprint density at radius 1 is 1.00 bits per heavy atom. The molecule has 0 unspecified atom stereocenters. The first-order valence-electron chi connectivity index (χ1n) is 11.9. The fourth-order valence-electron chi connectivity index (χ4n) is 4.25. The van der Waals surface area contributed by atoms with Crippen molar-refractivity contribution in [3.63, 3.8) is 0 Å². The van der Waals surface area contributed by atoms with Gasteiger partial charge in [0.1, 0.15) is 42.7 Å². The van der Waals surface area contributed by atoms with Crippen LogP contribution in [0.25, 0.3) is 0 Å². The Bertz CT molecular complexity index is 783. The Morgan fingerprint density at radius 2 is 1.71 bits per heavy atom. The molecule has 10 atom stereocenters. The van der Waals surface area contributed by atoms with Gasteiger partial charge < -0.3 is 49.4 Å². The number of rotatable bonds is 10. The normalized spacial score (nSPS) is 37.7. The van der Waals surface area contributed by atoms with Gasteiger partial charge in [-0.2, -0.15) is 0 Å². The first-order valence-corrected chi connectivity index (χ1v) is 11.9. The zero-order valence-electron chi connectivity index (χ0n) is 20.2. The predicted octanol–water partition coefficient (Wildman–Crippen LogP) is -0.567. The number of ether oxygens (including phenoxy) is 5. The molecule has 2 heterocycles. The molecule has 1 aromatic carbocycles. The molecule has 3 rings (SSSR count). The Hall–Kier alpha value is -1.67. The average molecular weight is 500 g/mol. The third-order valence-electron chi connectivity index (χ3n) is 6.07. The van der Waals surface area contributed by atoms with Gasteiger partial charge in [0.2, 0.25) is 5.91 Å². The molecule has 0 aliphatic carbocycles. The number of carbonyl (C=O) groups is 1. The molecule has 2 fully saturated rings. The molecular weight excluding hydrogens is 462 g/mol. The van der Waals surface area contributed by atoms with Gasteiger partial charge in [-0.1, -0.05) is 37.3 Å². The highest BCUT2D eigenvalue weighted by atomic mass is 16.8. The van der Waals surface area contributed by atoms with Gasteiger partial charge in [-0.05, 0) is 18.9 Å². The summed E-state index contributed by atoms with van der Waals surface area (Å²) in [5, 5.41) is 44.2. The van der Waals surface area contributed by atoms with Gasteiger partial charge in [-0.25, -0.2) is 0 Å². The van der Waals surface area contributed by atoms with Gasteiger partial charge in [0.05, 0.1) is 19.3 Å². The largest absolute Gasteiger partial charge is 0.394 e. The fourth-order valence-corrected chi connectivity index (χ4v) is 4.25. The summed E-state index contributed by atoms with van der Waals surface area (Å²) in [5.41, 5.74) is 0.915. The third kappa shape index (κ3) is 6.97. The van der Waals surface area contributed by atoms with Crippen LogP contribution in [0.1, 0.15) is 32.8 Å². The Labute approximate surface area is 204 Å². The van der Waals surface area contributed by atoms with Crippen LogP contribution in [0.4, 0.5) is 0 Å². The quantitative estimate of drug-likeness (QED) is 0.283. The van der Waals surface area contributed by atoms with Crippen molar-refractivity contribution < 1.29 is 48.9 Å². The van der Waals surface area contributed by atoms with E-state index in [0.717, 1.165) is 5.56 Å². The minimum Gasteiger partial charge on any atom is -0.394 e. The van der Waals surface area contributed by atoms with E-state index in [0.29, 0.717) is 13.0 Å². The van der Waals surface area contributed by atoms with E-state index in [9.17, 15) is 25.2 Å². The van der Waals surface area contributed by atoms with Crippen molar-refractivity contribution in [3.05, 3.63) is 35.9 Å². The number of aliphatic hydroxyl groups is 4. The first kappa shape index (κ1) is 27.9. The number of hydrogen-bond acceptors (Lipinski definition) is 10. The molecule has 1 aromatic rings. The van der Waals surface area contributed by atoms with Crippen LogP contribution in [-0.4, -0.2) is 101 Å². The molecule has 5 N–H and O–H groups in total. The SMILES string of the molecule is CCCO[C@@H]1O[C@@H](C)[C@H](OCc2ccccc2)[C@@H](O)[C@H]1O[C@@H]1O[C@H](CO)[C@H](O)[C@H](O)[C@H]1NC(C)=O. The van der Waals surface area contributed by atoms with Crippen molar-refractivity contribution in [1.82, 2.24) is 5.32 Å². The van der Waals surface area contributed by atoms with Crippen LogP contribution >= 0.6 is 0 Å². The third-order valence-corrected chi connectivity index (χ3v) is 6.07. The number of hydrogen-bond donors (Lipinski definition) is 5. The molecule has 11 nitrogen and oxygen atoms in total. The molecule has 2 aliphatic heterocycles. The van der Waals surface area contributed by atoms with Crippen LogP contribution in [-0.2, 0) is 35.1 Å². The van der Waals surface area contributed by atoms with E-state index in [1.165, 1.54) is 6.92 Å². The Morgan fingerprint density at radius 3 is 2.34 bits per heavy atom. The van der Waals surface area contributed by atoms with E-state index in [1.807, 2.05) is 37.3 Å². The van der Waals surface area contributed by atoms with Crippen molar-refractivity contribution in [2.24, 2.45) is 0 Å². The number of nitrogens with one attached hydrogen (secondary N) is 1. The van der Waals surface area contributed by atoms with Gasteiger partial charge in [0.15, 0.2) is 12.6 Å². The van der Waals surface area contributed by atoms with E-state index in [1.54, 1.807) is 6.92 Å². The van der Waals surface area contributed by atoms with E-state index in [4.69, 9.17) is 23.7 Å². The zero-order chi connectivity index (χ0) is 25.5. The molecule has 0 bridgehead atoms. The Balaban J connectivity index is 1.81. The standard InChI is InChI=1S/C24H37NO10/c1-4-10-31-24-22(20(30)21(13(2)33-24)32-12-15-8-6-5-7-9-15)35-23-17(25-14(3)27)19(29)18(28)16(11-26)34-23/h5-9,13,16-24,26,28-30H,4,10-12H2,1-3H3,(H,25,27)/t13-,16+,17+,18-,19+,20+,21-,22+,23-,24+/m0/s1. The van der Waals surface area contributed by atoms with Crippen LogP contribution in [0.5, 0.6) is 0 Å². The summed E-state index contributed by atoms with van der Waals surface area (Å²) in [5.74, 6) is -0.488. The maximum atomic E-state index is 11.8. The van der Waals surface area contributed by atoms with Crippen molar-refractivity contribution in [1.29, 1.82) is 0 Å². The lowest BCUT2D eigenvalue weighted by atomic mass is 9.96. The molecule has 1 amide bonds. The fraction of sp³-hybridized carbons (Fsp3) is 0.708. The molecule has 0 aromatic heterocycles. The molecule has 11 heteroatoms. The number of carbonyl (C=O) groups excluding carboxylic acids is 1. The van der Waals surface area contributed by atoms with Crippen molar-refractivity contribution in [2.45, 2.75) is 95.1 Å². The molecule has 0 saturated carbocycles. The van der Waals surface area contributed by atoms with Gasteiger partial charge in [-0.15, -0.1) is 0 Å². The molecule has 2 aliphatic rings. The van der Waals surface area contributed by atoms with Crippen LogP contribution in [0, 0.1) is 0 Å². The lowest BCUT2D eigenvalue weighted by Gasteiger charge is -2.47. The minimum absolute atomic E-state index is 0.232. The maximum absolute atomic E-state index is 11.8. The van der Waals surface area contributed by atoms with Gasteiger partial charge >= 0.3 is 0 Å². The minimum atomic E-state index is -1.49. The van der Waals surface area contributed by atoms with Crippen LogP contribution in [0.15, 0.2) is 30.3 Å². The highest BCUT2D eigenvalue weighted by Gasteiger charge is 2.51. The van der Waals surface area contributed by atoms with E-state index >= 15 is 0 Å². The lowest BCUT2D eigenvalue weighted by Crippen LogP contribution is -2.67. The molecule has 0 spiro atoms. The first-order chi connectivity index (χ1) is 16.8. The van der Waals surface area contributed by atoms with E-state index in [-0.39, 0.29) is 6.61 Å². The molecular formula is C24H37NO10. The molecule has 198 valence electrons. The smallest absolute Gasteiger partial charge is 0.217 e.